The number of aromatic hydroxyl groups is 4. The average molecular weight is 596 g/mol. The van der Waals surface area contributed by atoms with Gasteiger partial charge in [-0.15, -0.1) is 0 Å². The Bertz CT molecular complexity index is 1420. The first-order valence-electron chi connectivity index (χ1n) is 12.9. The minimum absolute atomic E-state index is 0.0311. The fourth-order valence-electron chi connectivity index (χ4n) is 4.74. The molecule has 10 N–H and O–H groups in total. The minimum atomic E-state index is -1.82. The summed E-state index contributed by atoms with van der Waals surface area (Å²) in [7, 11) is 0. The van der Waals surface area contributed by atoms with Crippen LogP contribution < -0.4 is 4.74 Å². The second-order valence-corrected chi connectivity index (χ2v) is 10.1. The second kappa shape index (κ2) is 11.6. The number of ether oxygens (including phenoxy) is 4. The summed E-state index contributed by atoms with van der Waals surface area (Å²) in [5.74, 6) is -2.50. The van der Waals surface area contributed by atoms with E-state index in [2.05, 4.69) is 0 Å². The van der Waals surface area contributed by atoms with E-state index in [1.165, 1.54) is 37.3 Å². The first-order chi connectivity index (χ1) is 19.9. The highest BCUT2D eigenvalue weighted by Gasteiger charge is 2.48. The van der Waals surface area contributed by atoms with E-state index in [0.29, 0.717) is 5.56 Å². The zero-order chi connectivity index (χ0) is 30.5. The molecule has 5 rings (SSSR count). The first kappa shape index (κ1) is 30.0. The van der Waals surface area contributed by atoms with E-state index in [-0.39, 0.29) is 28.2 Å². The molecule has 10 atom stereocenters. The minimum Gasteiger partial charge on any atom is -0.508 e. The summed E-state index contributed by atoms with van der Waals surface area (Å²) in [6, 6.07) is 7.89. The molecule has 15 nitrogen and oxygen atoms in total. The first-order valence-corrected chi connectivity index (χ1v) is 12.9. The van der Waals surface area contributed by atoms with E-state index in [4.69, 9.17) is 23.4 Å². The number of aliphatic hydroxyl groups excluding tert-OH is 6. The molecular weight excluding hydrogens is 564 g/mol. The third kappa shape index (κ3) is 5.49. The number of phenolic OH excluding ortho intramolecular Hbond substituents is 4. The monoisotopic (exact) mass is 595 g/mol. The maximum atomic E-state index is 10.7. The Labute approximate surface area is 237 Å². The molecule has 4 unspecified atom stereocenters. The van der Waals surface area contributed by atoms with Crippen LogP contribution in [0.3, 0.4) is 0 Å². The number of aliphatic hydroxyl groups is 6. The lowest BCUT2D eigenvalue weighted by Gasteiger charge is -2.42. The molecule has 0 saturated carbocycles. The Morgan fingerprint density at radius 3 is 2.07 bits per heavy atom. The van der Waals surface area contributed by atoms with Crippen LogP contribution in [-0.2, 0) is 14.2 Å². The van der Waals surface area contributed by atoms with Gasteiger partial charge in [0.2, 0.25) is 17.8 Å². The summed E-state index contributed by atoms with van der Waals surface area (Å²) in [4.78, 5) is 0. The van der Waals surface area contributed by atoms with Crippen molar-refractivity contribution in [2.45, 2.75) is 68.3 Å². The molecule has 0 radical (unpaired) electrons. The summed E-state index contributed by atoms with van der Waals surface area (Å²) < 4.78 is 28.3. The number of phenols is 4. The van der Waals surface area contributed by atoms with E-state index < -0.39 is 85.3 Å². The van der Waals surface area contributed by atoms with Crippen LogP contribution >= 0.6 is 0 Å². The zero-order valence-corrected chi connectivity index (χ0v) is 22.0. The standard InChI is InChI=1S/C27H30O15/c1-9-17(30)21(34)23(36)26(39-9)38-8-16-20(33)22(35)24(37)27(42-16)41-15-6-12-14(7-13(29)19(32)18(12)31)40-25(15)10-2-4-11(28)5-3-10/h2-7,9,16-17,20-24,26-27,30,33-37H,8H2,1H3,(H3-,28,29,31,32)/p+1/t9?,16?,17-,20+,21?,22-,23-,24?,26+,27+/m0/s1. The van der Waals surface area contributed by atoms with E-state index >= 15 is 0 Å². The maximum absolute atomic E-state index is 10.7. The van der Waals surface area contributed by atoms with Crippen LogP contribution in [0, 0.1) is 0 Å². The van der Waals surface area contributed by atoms with Crippen LogP contribution in [0.25, 0.3) is 22.3 Å². The van der Waals surface area contributed by atoms with Gasteiger partial charge < -0.3 is 70.0 Å². The van der Waals surface area contributed by atoms with Crippen molar-refractivity contribution in [2.24, 2.45) is 0 Å². The van der Waals surface area contributed by atoms with E-state index in [0.717, 1.165) is 6.07 Å². The van der Waals surface area contributed by atoms with Crippen molar-refractivity contribution in [3.63, 3.8) is 0 Å². The average Bonchev–Trinajstić information content (AvgIpc) is 2.97. The van der Waals surface area contributed by atoms with Gasteiger partial charge in [-0.1, -0.05) is 0 Å². The molecule has 3 heterocycles. The number of benzene rings is 2. The van der Waals surface area contributed by atoms with Gasteiger partial charge >= 0.3 is 11.3 Å². The molecule has 0 amide bonds. The molecule has 2 aromatic carbocycles. The van der Waals surface area contributed by atoms with Gasteiger partial charge in [-0.05, 0) is 31.2 Å². The van der Waals surface area contributed by atoms with Crippen LogP contribution in [0.4, 0.5) is 0 Å². The van der Waals surface area contributed by atoms with Gasteiger partial charge in [0.05, 0.1) is 24.3 Å². The second-order valence-electron chi connectivity index (χ2n) is 10.1. The smallest absolute Gasteiger partial charge is 0.402 e. The van der Waals surface area contributed by atoms with Crippen molar-refractivity contribution in [1.29, 1.82) is 0 Å². The molecule has 2 aliphatic heterocycles. The van der Waals surface area contributed by atoms with Crippen LogP contribution in [-0.4, -0.2) is 119 Å². The highest BCUT2D eigenvalue weighted by molar-refractivity contribution is 5.91. The van der Waals surface area contributed by atoms with Gasteiger partial charge in [-0.3, -0.25) is 0 Å². The summed E-state index contributed by atoms with van der Waals surface area (Å²) >= 11 is 0. The lowest BCUT2D eigenvalue weighted by atomic mass is 9.98. The van der Waals surface area contributed by atoms with Gasteiger partial charge in [0.1, 0.15) is 53.9 Å². The molecule has 0 aliphatic carbocycles. The molecule has 0 bridgehead atoms. The van der Waals surface area contributed by atoms with Gasteiger partial charge in [-0.25, -0.2) is 4.42 Å². The number of fused-ring (bicyclic) bond motifs is 1. The zero-order valence-electron chi connectivity index (χ0n) is 22.0. The maximum Gasteiger partial charge on any atom is 0.402 e. The highest BCUT2D eigenvalue weighted by Crippen LogP contribution is 2.45. The molecule has 0 spiro atoms. The molecular formula is C27H31O15+. The van der Waals surface area contributed by atoms with Crippen molar-refractivity contribution >= 4 is 11.0 Å². The van der Waals surface area contributed by atoms with Crippen LogP contribution in [0.2, 0.25) is 0 Å². The van der Waals surface area contributed by atoms with Crippen LogP contribution in [0.1, 0.15) is 6.92 Å². The Balaban J connectivity index is 1.44. The third-order valence-electron chi connectivity index (χ3n) is 7.24. The molecule has 3 aromatic rings. The normalized spacial score (nSPS) is 33.5. The van der Waals surface area contributed by atoms with Gasteiger partial charge in [0.25, 0.3) is 0 Å². The Kier molecular flexibility index (Phi) is 8.30. The molecule has 228 valence electrons. The Morgan fingerprint density at radius 2 is 1.38 bits per heavy atom. The molecule has 2 aliphatic rings. The van der Waals surface area contributed by atoms with E-state index in [9.17, 15) is 51.1 Å². The highest BCUT2D eigenvalue weighted by atomic mass is 16.7. The molecule has 2 fully saturated rings. The van der Waals surface area contributed by atoms with Gasteiger partial charge in [0, 0.05) is 6.07 Å². The van der Waals surface area contributed by atoms with Crippen molar-refractivity contribution in [3.8, 4) is 40.1 Å². The fraction of sp³-hybridized carbons (Fsp3) is 0.444. The summed E-state index contributed by atoms with van der Waals surface area (Å²) in [5, 5.41) is 102. The lowest BCUT2D eigenvalue weighted by molar-refractivity contribution is -0.318. The topological polar surface area (TPSA) is 251 Å². The van der Waals surface area contributed by atoms with Crippen molar-refractivity contribution < 1.29 is 74.4 Å². The summed E-state index contributed by atoms with van der Waals surface area (Å²) in [6.07, 6.45) is -15.3. The largest absolute Gasteiger partial charge is 0.508 e. The summed E-state index contributed by atoms with van der Waals surface area (Å²) in [5.41, 5.74) is 0.262. The van der Waals surface area contributed by atoms with Crippen molar-refractivity contribution in [2.75, 3.05) is 6.61 Å². The van der Waals surface area contributed by atoms with Crippen LogP contribution in [0.5, 0.6) is 28.7 Å². The van der Waals surface area contributed by atoms with Crippen LogP contribution in [0.15, 0.2) is 40.8 Å². The van der Waals surface area contributed by atoms with Crippen molar-refractivity contribution in [3.05, 3.63) is 36.4 Å². The number of rotatable bonds is 6. The number of hydrogen-bond acceptors (Lipinski definition) is 14. The van der Waals surface area contributed by atoms with E-state index in [1.807, 2.05) is 0 Å². The number of hydrogen-bond donors (Lipinski definition) is 10. The lowest BCUT2D eigenvalue weighted by Crippen LogP contribution is -2.61. The quantitative estimate of drug-likeness (QED) is 0.124. The molecule has 15 heteroatoms. The van der Waals surface area contributed by atoms with E-state index in [1.54, 1.807) is 0 Å². The fourth-order valence-corrected chi connectivity index (χ4v) is 4.74. The Hall–Kier alpha value is -3.51. The van der Waals surface area contributed by atoms with Gasteiger partial charge in [-0.2, -0.15) is 0 Å². The third-order valence-corrected chi connectivity index (χ3v) is 7.24. The van der Waals surface area contributed by atoms with Crippen molar-refractivity contribution in [1.82, 2.24) is 0 Å². The van der Waals surface area contributed by atoms with Gasteiger partial charge in [0.15, 0.2) is 17.8 Å². The predicted octanol–water partition coefficient (Wildman–Crippen LogP) is -0.766. The molecule has 42 heavy (non-hydrogen) atoms. The predicted molar refractivity (Wildman–Crippen MR) is 138 cm³/mol. The molecule has 1 aromatic heterocycles. The molecule has 2 saturated heterocycles. The SMILES string of the molecule is CC1O[C@@H](OCC2O[C@@H](Oc3cc4c(O)c(O)c(O)cc4[o+]c3-c3ccc(O)cc3)C(O)[C@@H](O)[C@@H]2O)[C@@H](O)C(O)[C@H]1O. The Morgan fingerprint density at radius 1 is 0.738 bits per heavy atom. The summed E-state index contributed by atoms with van der Waals surface area (Å²) in [6.45, 7) is 0.925.